The number of anilines is 1. The molecular formula is C14H10ClFN2O6S. The van der Waals surface area contributed by atoms with Crippen LogP contribution in [0.5, 0.6) is 0 Å². The summed E-state index contributed by atoms with van der Waals surface area (Å²) in [6.07, 6.45) is 0. The monoisotopic (exact) mass is 388 g/mol. The lowest BCUT2D eigenvalue weighted by Crippen LogP contribution is -2.36. The molecule has 0 radical (unpaired) electrons. The fourth-order valence-corrected chi connectivity index (χ4v) is 3.66. The Kier molecular flexibility index (Phi) is 5.24. The number of hydrogen-bond acceptors (Lipinski definition) is 5. The van der Waals surface area contributed by atoms with Crippen molar-refractivity contribution in [3.63, 3.8) is 0 Å². The highest BCUT2D eigenvalue weighted by Gasteiger charge is 2.30. The minimum absolute atomic E-state index is 0.197. The molecule has 0 saturated carbocycles. The SMILES string of the molecule is O=C(O)CN(c1cc([N+](=O)[O-])ccc1Cl)S(=O)(=O)c1ccc(F)cc1. The topological polar surface area (TPSA) is 118 Å². The summed E-state index contributed by atoms with van der Waals surface area (Å²) >= 11 is 5.92. The molecule has 0 aliphatic rings. The number of carbonyl (C=O) groups is 1. The van der Waals surface area contributed by atoms with Crippen LogP contribution >= 0.6 is 11.6 Å². The molecule has 8 nitrogen and oxygen atoms in total. The lowest BCUT2D eigenvalue weighted by atomic mass is 10.3. The summed E-state index contributed by atoms with van der Waals surface area (Å²) in [6.45, 7) is -1.03. The first kappa shape index (κ1) is 18.6. The second-order valence-corrected chi connectivity index (χ2v) is 7.02. The zero-order valence-corrected chi connectivity index (χ0v) is 13.9. The Bertz CT molecular complexity index is 933. The van der Waals surface area contributed by atoms with Gasteiger partial charge in [0.15, 0.2) is 0 Å². The van der Waals surface area contributed by atoms with Gasteiger partial charge in [-0.15, -0.1) is 0 Å². The summed E-state index contributed by atoms with van der Waals surface area (Å²) in [4.78, 5) is 20.8. The number of hydrogen-bond donors (Lipinski definition) is 1. The molecule has 0 aliphatic carbocycles. The number of halogens is 2. The largest absolute Gasteiger partial charge is 0.480 e. The van der Waals surface area contributed by atoms with Gasteiger partial charge in [-0.3, -0.25) is 19.2 Å². The zero-order chi connectivity index (χ0) is 18.8. The highest BCUT2D eigenvalue weighted by molar-refractivity contribution is 7.92. The number of non-ortho nitro benzene ring substituents is 1. The average molecular weight is 389 g/mol. The van der Waals surface area contributed by atoms with Gasteiger partial charge in [0.25, 0.3) is 15.7 Å². The quantitative estimate of drug-likeness (QED) is 0.600. The molecule has 0 aromatic heterocycles. The molecule has 1 N–H and O–H groups in total. The molecule has 0 saturated heterocycles. The number of carboxylic acids is 1. The van der Waals surface area contributed by atoms with Crippen LogP contribution < -0.4 is 4.31 Å². The van der Waals surface area contributed by atoms with Crippen molar-refractivity contribution in [2.24, 2.45) is 0 Å². The Labute approximate surface area is 146 Å². The lowest BCUT2D eigenvalue weighted by Gasteiger charge is -2.23. The van der Waals surface area contributed by atoms with Crippen molar-refractivity contribution < 1.29 is 27.6 Å². The molecule has 0 unspecified atom stereocenters. The number of rotatable bonds is 6. The predicted octanol–water partition coefficient (Wildman–Crippen LogP) is 2.67. The third kappa shape index (κ3) is 4.03. The molecule has 132 valence electrons. The minimum Gasteiger partial charge on any atom is -0.480 e. The molecule has 0 fully saturated rings. The number of nitro benzene ring substituents is 1. The smallest absolute Gasteiger partial charge is 0.324 e. The first-order valence-electron chi connectivity index (χ1n) is 6.57. The van der Waals surface area contributed by atoms with E-state index in [1.165, 1.54) is 0 Å². The number of aliphatic carboxylic acids is 1. The van der Waals surface area contributed by atoms with Crippen LogP contribution in [0.3, 0.4) is 0 Å². The summed E-state index contributed by atoms with van der Waals surface area (Å²) in [5, 5.41) is 19.7. The second kappa shape index (κ2) is 7.03. The average Bonchev–Trinajstić information content (AvgIpc) is 2.53. The third-order valence-electron chi connectivity index (χ3n) is 3.09. The Morgan fingerprint density at radius 3 is 2.36 bits per heavy atom. The van der Waals surface area contributed by atoms with Crippen molar-refractivity contribution in [2.45, 2.75) is 4.90 Å². The van der Waals surface area contributed by atoms with E-state index in [1.54, 1.807) is 0 Å². The van der Waals surface area contributed by atoms with Crippen LogP contribution in [-0.2, 0) is 14.8 Å². The first-order chi connectivity index (χ1) is 11.6. The summed E-state index contributed by atoms with van der Waals surface area (Å²) in [5.74, 6) is -2.19. The van der Waals surface area contributed by atoms with Crippen molar-refractivity contribution in [3.05, 3.63) is 63.4 Å². The van der Waals surface area contributed by atoms with Crippen LogP contribution in [0.15, 0.2) is 47.4 Å². The van der Waals surface area contributed by atoms with E-state index in [4.69, 9.17) is 16.7 Å². The second-order valence-electron chi connectivity index (χ2n) is 4.75. The van der Waals surface area contributed by atoms with Crippen molar-refractivity contribution in [1.29, 1.82) is 0 Å². The highest BCUT2D eigenvalue weighted by Crippen LogP contribution is 2.33. The van der Waals surface area contributed by atoms with E-state index >= 15 is 0 Å². The Morgan fingerprint density at radius 2 is 1.84 bits per heavy atom. The maximum atomic E-state index is 13.0. The van der Waals surface area contributed by atoms with Gasteiger partial charge in [-0.2, -0.15) is 0 Å². The van der Waals surface area contributed by atoms with E-state index in [9.17, 15) is 27.7 Å². The van der Waals surface area contributed by atoms with E-state index in [-0.39, 0.29) is 10.7 Å². The molecule has 0 atom stereocenters. The van der Waals surface area contributed by atoms with E-state index < -0.39 is 43.9 Å². The van der Waals surface area contributed by atoms with Crippen molar-refractivity contribution in [3.8, 4) is 0 Å². The van der Waals surface area contributed by atoms with Crippen LogP contribution in [0.2, 0.25) is 5.02 Å². The van der Waals surface area contributed by atoms with E-state index in [0.29, 0.717) is 4.31 Å². The van der Waals surface area contributed by atoms with Crippen molar-refractivity contribution in [1.82, 2.24) is 0 Å². The van der Waals surface area contributed by atoms with Crippen LogP contribution in [0.25, 0.3) is 0 Å². The third-order valence-corrected chi connectivity index (χ3v) is 5.18. The van der Waals surface area contributed by atoms with Gasteiger partial charge in [0.05, 0.1) is 20.5 Å². The summed E-state index contributed by atoms with van der Waals surface area (Å²) in [5.41, 5.74) is -0.841. The maximum Gasteiger partial charge on any atom is 0.324 e. The molecule has 0 heterocycles. The van der Waals surface area contributed by atoms with Crippen molar-refractivity contribution in [2.75, 3.05) is 10.8 Å². The van der Waals surface area contributed by atoms with Gasteiger partial charge < -0.3 is 5.11 Å². The molecule has 0 bridgehead atoms. The van der Waals surface area contributed by atoms with E-state index in [0.717, 1.165) is 42.5 Å². The lowest BCUT2D eigenvalue weighted by molar-refractivity contribution is -0.384. The zero-order valence-electron chi connectivity index (χ0n) is 12.3. The van der Waals surface area contributed by atoms with Crippen molar-refractivity contribution >= 4 is 39.0 Å². The fourth-order valence-electron chi connectivity index (χ4n) is 1.96. The predicted molar refractivity (Wildman–Crippen MR) is 86.7 cm³/mol. The Morgan fingerprint density at radius 1 is 1.24 bits per heavy atom. The number of carboxylic acid groups (broad SMARTS) is 1. The Hall–Kier alpha value is -2.72. The number of nitrogens with zero attached hydrogens (tertiary/aromatic N) is 2. The molecule has 0 aliphatic heterocycles. The molecule has 2 aromatic rings. The molecule has 0 amide bonds. The number of sulfonamides is 1. The minimum atomic E-state index is -4.45. The van der Waals surface area contributed by atoms with Gasteiger partial charge in [-0.25, -0.2) is 12.8 Å². The van der Waals surface area contributed by atoms with Gasteiger partial charge in [0, 0.05) is 12.1 Å². The van der Waals surface area contributed by atoms with E-state index in [1.807, 2.05) is 0 Å². The van der Waals surface area contributed by atoms with E-state index in [2.05, 4.69) is 0 Å². The normalized spacial score (nSPS) is 11.1. The van der Waals surface area contributed by atoms with Gasteiger partial charge >= 0.3 is 5.97 Å². The maximum absolute atomic E-state index is 13.0. The van der Waals surface area contributed by atoms with Crippen LogP contribution in [0.4, 0.5) is 15.8 Å². The standard InChI is InChI=1S/C14H10ClFN2O6S/c15-12-6-3-10(18(21)22)7-13(12)17(8-14(19)20)25(23,24)11-4-1-9(16)2-5-11/h1-7H,8H2,(H,19,20). The Balaban J connectivity index is 2.64. The van der Waals surface area contributed by atoms with Gasteiger partial charge in [-0.1, -0.05) is 11.6 Å². The molecule has 2 aromatic carbocycles. The molecule has 25 heavy (non-hydrogen) atoms. The summed E-state index contributed by atoms with van der Waals surface area (Å²) < 4.78 is 38.9. The molecular weight excluding hydrogens is 379 g/mol. The highest BCUT2D eigenvalue weighted by atomic mass is 35.5. The van der Waals surface area contributed by atoms with Gasteiger partial charge in [0.1, 0.15) is 12.4 Å². The summed E-state index contributed by atoms with van der Waals surface area (Å²) in [7, 11) is -4.45. The van der Waals surface area contributed by atoms with Gasteiger partial charge in [0.2, 0.25) is 0 Å². The fraction of sp³-hybridized carbons (Fsp3) is 0.0714. The molecule has 11 heteroatoms. The van der Waals surface area contributed by atoms with Crippen LogP contribution in [0, 0.1) is 15.9 Å². The first-order valence-corrected chi connectivity index (χ1v) is 8.39. The number of nitro groups is 1. The number of benzene rings is 2. The molecule has 0 spiro atoms. The molecule has 2 rings (SSSR count). The van der Waals surface area contributed by atoms with Gasteiger partial charge in [-0.05, 0) is 30.3 Å². The van der Waals surface area contributed by atoms with Crippen LogP contribution in [0.1, 0.15) is 0 Å². The summed E-state index contributed by atoms with van der Waals surface area (Å²) in [6, 6.07) is 6.67. The van der Waals surface area contributed by atoms with Crippen LogP contribution in [-0.4, -0.2) is 31.0 Å².